The molecule has 29 heavy (non-hydrogen) atoms. The fourth-order valence-corrected chi connectivity index (χ4v) is 3.60. The van der Waals surface area contributed by atoms with E-state index in [1.807, 2.05) is 47.8 Å². The summed E-state index contributed by atoms with van der Waals surface area (Å²) in [5, 5.41) is 4.89. The molecule has 1 atom stereocenters. The second-order valence-electron chi connectivity index (χ2n) is 6.07. The highest BCUT2D eigenvalue weighted by molar-refractivity contribution is 7.10. The Balaban J connectivity index is 1.64. The first-order valence-corrected chi connectivity index (χ1v) is 9.77. The standard InChI is InChI=1S/C22H21NO5S/c1-26-17-11-10-16(13-18(17)27-2)22(25)28-14-20(24)23-21(19-9-6-12-29-19)15-7-4-3-5-8-15/h3-13,21H,14H2,1-2H3,(H,23,24)/t21-/m0/s1. The van der Waals surface area contributed by atoms with Gasteiger partial charge >= 0.3 is 5.97 Å². The minimum atomic E-state index is -0.617. The third kappa shape index (κ3) is 5.14. The van der Waals surface area contributed by atoms with Crippen molar-refractivity contribution < 1.29 is 23.8 Å². The van der Waals surface area contributed by atoms with Crippen molar-refractivity contribution in [3.63, 3.8) is 0 Å². The average molecular weight is 411 g/mol. The van der Waals surface area contributed by atoms with Gasteiger partial charge in [0.1, 0.15) is 0 Å². The molecular formula is C22H21NO5S. The number of carbonyl (C=O) groups excluding carboxylic acids is 2. The van der Waals surface area contributed by atoms with Crippen molar-refractivity contribution in [1.29, 1.82) is 0 Å². The first-order valence-electron chi connectivity index (χ1n) is 8.89. The summed E-state index contributed by atoms with van der Waals surface area (Å²) < 4.78 is 15.5. The molecule has 0 aliphatic rings. The highest BCUT2D eigenvalue weighted by Gasteiger charge is 2.19. The molecule has 0 saturated heterocycles. The maximum absolute atomic E-state index is 12.5. The minimum absolute atomic E-state index is 0.272. The van der Waals surface area contributed by atoms with Crippen LogP contribution in [0.15, 0.2) is 66.0 Å². The van der Waals surface area contributed by atoms with E-state index < -0.39 is 5.97 Å². The highest BCUT2D eigenvalue weighted by Crippen LogP contribution is 2.28. The Morgan fingerprint density at radius 1 is 0.966 bits per heavy atom. The van der Waals surface area contributed by atoms with Crippen LogP contribution in [-0.4, -0.2) is 32.7 Å². The van der Waals surface area contributed by atoms with Gasteiger partial charge in [-0.25, -0.2) is 4.79 Å². The fourth-order valence-electron chi connectivity index (χ4n) is 2.80. The Kier molecular flexibility index (Phi) is 6.86. The minimum Gasteiger partial charge on any atom is -0.493 e. The molecular weight excluding hydrogens is 390 g/mol. The van der Waals surface area contributed by atoms with Gasteiger partial charge in [-0.2, -0.15) is 0 Å². The van der Waals surface area contributed by atoms with E-state index in [1.165, 1.54) is 20.3 Å². The number of ether oxygens (including phenoxy) is 3. The van der Waals surface area contributed by atoms with Crippen LogP contribution in [0.2, 0.25) is 0 Å². The van der Waals surface area contributed by atoms with Gasteiger partial charge < -0.3 is 19.5 Å². The first-order chi connectivity index (χ1) is 14.1. The molecule has 2 aromatic carbocycles. The second-order valence-corrected chi connectivity index (χ2v) is 7.05. The van der Waals surface area contributed by atoms with E-state index in [-0.39, 0.29) is 24.1 Å². The zero-order chi connectivity index (χ0) is 20.6. The summed E-state index contributed by atoms with van der Waals surface area (Å²) in [5.74, 6) is -0.0914. The van der Waals surface area contributed by atoms with Crippen LogP contribution in [0.25, 0.3) is 0 Å². The zero-order valence-corrected chi connectivity index (χ0v) is 16.9. The zero-order valence-electron chi connectivity index (χ0n) is 16.1. The molecule has 0 bridgehead atoms. The Morgan fingerprint density at radius 2 is 1.72 bits per heavy atom. The molecule has 1 heterocycles. The van der Waals surface area contributed by atoms with Gasteiger partial charge in [-0.3, -0.25) is 4.79 Å². The third-order valence-corrected chi connectivity index (χ3v) is 5.16. The van der Waals surface area contributed by atoms with Crippen molar-refractivity contribution in [1.82, 2.24) is 5.32 Å². The number of nitrogens with one attached hydrogen (secondary N) is 1. The molecule has 0 saturated carbocycles. The molecule has 0 aliphatic heterocycles. The monoisotopic (exact) mass is 411 g/mol. The van der Waals surface area contributed by atoms with Gasteiger partial charge in [-0.15, -0.1) is 11.3 Å². The van der Waals surface area contributed by atoms with Crippen LogP contribution < -0.4 is 14.8 Å². The summed E-state index contributed by atoms with van der Waals surface area (Å²) in [6, 6.07) is 17.9. The molecule has 0 unspecified atom stereocenters. The predicted molar refractivity (Wildman–Crippen MR) is 111 cm³/mol. The van der Waals surface area contributed by atoms with Gasteiger partial charge in [0.2, 0.25) is 0 Å². The predicted octanol–water partition coefficient (Wildman–Crippen LogP) is 3.83. The van der Waals surface area contributed by atoms with Gasteiger partial charge in [0.05, 0.1) is 25.8 Å². The molecule has 150 valence electrons. The van der Waals surface area contributed by atoms with Crippen LogP contribution in [0.5, 0.6) is 11.5 Å². The smallest absolute Gasteiger partial charge is 0.338 e. The van der Waals surface area contributed by atoms with Gasteiger partial charge in [-0.05, 0) is 35.2 Å². The number of hydrogen-bond donors (Lipinski definition) is 1. The molecule has 0 fully saturated rings. The largest absolute Gasteiger partial charge is 0.493 e. The SMILES string of the molecule is COc1ccc(C(=O)OCC(=O)N[C@@H](c2ccccc2)c2cccs2)cc1OC. The number of rotatable bonds is 8. The molecule has 1 N–H and O–H groups in total. The summed E-state index contributed by atoms with van der Waals surface area (Å²) in [6.45, 7) is -0.387. The number of thiophene rings is 1. The van der Waals surface area contributed by atoms with E-state index in [1.54, 1.807) is 23.5 Å². The molecule has 3 rings (SSSR count). The number of amides is 1. The lowest BCUT2D eigenvalue weighted by molar-refractivity contribution is -0.124. The van der Waals surface area contributed by atoms with E-state index in [0.29, 0.717) is 11.5 Å². The van der Waals surface area contributed by atoms with E-state index in [4.69, 9.17) is 14.2 Å². The van der Waals surface area contributed by atoms with E-state index in [0.717, 1.165) is 10.4 Å². The van der Waals surface area contributed by atoms with Gasteiger partial charge in [0.25, 0.3) is 5.91 Å². The quantitative estimate of drug-likeness (QED) is 0.571. The maximum atomic E-state index is 12.5. The van der Waals surface area contributed by atoms with Crippen LogP contribution >= 0.6 is 11.3 Å². The lowest BCUT2D eigenvalue weighted by Crippen LogP contribution is -2.32. The normalized spacial score (nSPS) is 11.4. The summed E-state index contributed by atoms with van der Waals surface area (Å²) in [5.41, 5.74) is 1.22. The Labute approximate surface area is 173 Å². The summed E-state index contributed by atoms with van der Waals surface area (Å²) in [4.78, 5) is 25.8. The molecule has 0 spiro atoms. The highest BCUT2D eigenvalue weighted by atomic mass is 32.1. The van der Waals surface area contributed by atoms with Crippen LogP contribution in [0.3, 0.4) is 0 Å². The Morgan fingerprint density at radius 3 is 2.38 bits per heavy atom. The number of benzene rings is 2. The maximum Gasteiger partial charge on any atom is 0.338 e. The van der Waals surface area contributed by atoms with E-state index >= 15 is 0 Å². The number of esters is 1. The van der Waals surface area contributed by atoms with Gasteiger partial charge in [0.15, 0.2) is 18.1 Å². The van der Waals surface area contributed by atoms with Gasteiger partial charge in [0, 0.05) is 4.88 Å². The van der Waals surface area contributed by atoms with E-state index in [2.05, 4.69) is 5.32 Å². The summed E-state index contributed by atoms with van der Waals surface area (Å²) in [7, 11) is 2.99. The van der Waals surface area contributed by atoms with Crippen molar-refractivity contribution in [2.24, 2.45) is 0 Å². The van der Waals surface area contributed by atoms with Crippen molar-refractivity contribution >= 4 is 23.2 Å². The molecule has 0 radical (unpaired) electrons. The van der Waals surface area contributed by atoms with Crippen LogP contribution in [0.1, 0.15) is 26.8 Å². The second kappa shape index (κ2) is 9.75. The average Bonchev–Trinajstić information content (AvgIpc) is 3.30. The molecule has 3 aromatic rings. The number of hydrogen-bond acceptors (Lipinski definition) is 6. The summed E-state index contributed by atoms with van der Waals surface area (Å²) in [6.07, 6.45) is 0. The van der Waals surface area contributed by atoms with Crippen LogP contribution in [0.4, 0.5) is 0 Å². The first kappa shape index (κ1) is 20.4. The third-order valence-electron chi connectivity index (χ3n) is 4.22. The van der Waals surface area contributed by atoms with Gasteiger partial charge in [-0.1, -0.05) is 36.4 Å². The number of carbonyl (C=O) groups is 2. The van der Waals surface area contributed by atoms with Crippen molar-refractivity contribution in [3.05, 3.63) is 82.0 Å². The van der Waals surface area contributed by atoms with Crippen molar-refractivity contribution in [3.8, 4) is 11.5 Å². The Hall–Kier alpha value is -3.32. The van der Waals surface area contributed by atoms with Crippen LogP contribution in [-0.2, 0) is 9.53 Å². The topological polar surface area (TPSA) is 73.9 Å². The van der Waals surface area contributed by atoms with Crippen molar-refractivity contribution in [2.45, 2.75) is 6.04 Å². The summed E-state index contributed by atoms with van der Waals surface area (Å²) >= 11 is 1.55. The molecule has 1 aromatic heterocycles. The Bertz CT molecular complexity index is 957. The van der Waals surface area contributed by atoms with Crippen LogP contribution in [0, 0.1) is 0 Å². The number of methoxy groups -OCH3 is 2. The van der Waals surface area contributed by atoms with Crippen molar-refractivity contribution in [2.75, 3.05) is 20.8 Å². The lowest BCUT2D eigenvalue weighted by atomic mass is 10.1. The lowest BCUT2D eigenvalue weighted by Gasteiger charge is -2.18. The van der Waals surface area contributed by atoms with E-state index in [9.17, 15) is 9.59 Å². The fraction of sp³-hybridized carbons (Fsp3) is 0.182. The molecule has 7 heteroatoms. The molecule has 1 amide bonds. The molecule has 0 aliphatic carbocycles. The molecule has 6 nitrogen and oxygen atoms in total.